The number of allylic oxidation sites excluding steroid dienone is 1. The van der Waals surface area contributed by atoms with Crippen LogP contribution in [0.15, 0.2) is 36.9 Å². The zero-order valence-electron chi connectivity index (χ0n) is 9.18. The van der Waals surface area contributed by atoms with Crippen molar-refractivity contribution in [2.45, 2.75) is 26.2 Å². The van der Waals surface area contributed by atoms with E-state index in [2.05, 4.69) is 51.6 Å². The first-order chi connectivity index (χ1) is 6.54. The topological polar surface area (TPSA) is 0 Å². The van der Waals surface area contributed by atoms with Crippen LogP contribution in [0.1, 0.15) is 26.3 Å². The van der Waals surface area contributed by atoms with Crippen LogP contribution in [-0.4, -0.2) is 4.43 Å². The fourth-order valence-corrected chi connectivity index (χ4v) is 3.02. The molecule has 0 aromatic heterocycles. The van der Waals surface area contributed by atoms with Crippen molar-refractivity contribution in [3.05, 3.63) is 46.1 Å². The Balaban J connectivity index is 2.84. The zero-order chi connectivity index (χ0) is 10.6. The van der Waals surface area contributed by atoms with Gasteiger partial charge in [0.25, 0.3) is 0 Å². The molecule has 1 aromatic rings. The molecule has 0 aliphatic rings. The molecule has 0 fully saturated rings. The normalized spacial score (nSPS) is 11.6. The van der Waals surface area contributed by atoms with Gasteiger partial charge in [-0.05, 0) is 0 Å². The Morgan fingerprint density at radius 2 is 2.07 bits per heavy atom. The van der Waals surface area contributed by atoms with Crippen LogP contribution in [0, 0.1) is 3.57 Å². The summed E-state index contributed by atoms with van der Waals surface area (Å²) >= 11 is 0.144. The predicted molar refractivity (Wildman–Crippen MR) is 58.9 cm³/mol. The molecule has 0 aliphatic heterocycles. The number of hydrogen-bond donors (Lipinski definition) is 0. The van der Waals surface area contributed by atoms with Gasteiger partial charge in [-0.2, -0.15) is 0 Å². The number of rotatable bonds is 3. The Kier molecular flexibility index (Phi) is 4.17. The second-order valence-corrected chi connectivity index (χ2v) is 7.23. The maximum absolute atomic E-state index is 3.77. The second kappa shape index (κ2) is 4.96. The summed E-state index contributed by atoms with van der Waals surface area (Å²) in [7, 11) is 0. The van der Waals surface area contributed by atoms with Crippen molar-refractivity contribution in [3.63, 3.8) is 0 Å². The van der Waals surface area contributed by atoms with Crippen molar-refractivity contribution < 1.29 is 21.2 Å². The molecule has 0 amide bonds. The number of hydrogen-bond acceptors (Lipinski definition) is 0. The third-order valence-electron chi connectivity index (χ3n) is 2.03. The standard InChI is InChI=1S/C13H18I/c1-5-9-14-12-8-6-7-11(10-12)13(2,3)4/h5-8,10H,1,9H2,2-4H3/q-1. The molecule has 78 valence electrons. The summed E-state index contributed by atoms with van der Waals surface area (Å²) in [5, 5.41) is 0. The first-order valence-corrected chi connectivity index (χ1v) is 7.45. The summed E-state index contributed by atoms with van der Waals surface area (Å²) in [5.74, 6) is 0. The first-order valence-electron chi connectivity index (χ1n) is 4.84. The van der Waals surface area contributed by atoms with Gasteiger partial charge in [0.2, 0.25) is 0 Å². The van der Waals surface area contributed by atoms with Crippen LogP contribution < -0.4 is 21.2 Å². The summed E-state index contributed by atoms with van der Waals surface area (Å²) in [6.45, 7) is 10.6. The van der Waals surface area contributed by atoms with Crippen LogP contribution in [-0.2, 0) is 5.41 Å². The van der Waals surface area contributed by atoms with Gasteiger partial charge in [-0.3, -0.25) is 0 Å². The minimum atomic E-state index is 0.144. The van der Waals surface area contributed by atoms with E-state index >= 15 is 0 Å². The van der Waals surface area contributed by atoms with Gasteiger partial charge in [0.15, 0.2) is 0 Å². The van der Waals surface area contributed by atoms with Gasteiger partial charge >= 0.3 is 97.9 Å². The van der Waals surface area contributed by atoms with E-state index in [1.54, 1.807) is 0 Å². The molecule has 14 heavy (non-hydrogen) atoms. The second-order valence-electron chi connectivity index (χ2n) is 4.34. The zero-order valence-corrected chi connectivity index (χ0v) is 11.3. The van der Waals surface area contributed by atoms with Gasteiger partial charge in [0, 0.05) is 0 Å². The van der Waals surface area contributed by atoms with Crippen LogP contribution in [0.2, 0.25) is 0 Å². The van der Waals surface area contributed by atoms with Gasteiger partial charge in [-0.15, -0.1) is 0 Å². The van der Waals surface area contributed by atoms with Crippen molar-refractivity contribution in [2.75, 3.05) is 4.43 Å². The van der Waals surface area contributed by atoms with Crippen molar-refractivity contribution in [3.8, 4) is 0 Å². The Bertz CT molecular complexity index is 307. The molecule has 0 saturated heterocycles. The molecule has 0 aliphatic carbocycles. The van der Waals surface area contributed by atoms with Crippen LogP contribution in [0.25, 0.3) is 0 Å². The Hall–Kier alpha value is -0.310. The Morgan fingerprint density at radius 1 is 1.36 bits per heavy atom. The molecule has 0 N–H and O–H groups in total. The Labute approximate surface area is 97.7 Å². The third kappa shape index (κ3) is 3.45. The van der Waals surface area contributed by atoms with Gasteiger partial charge < -0.3 is 0 Å². The summed E-state index contributed by atoms with van der Waals surface area (Å²) in [6.07, 6.45) is 2.02. The maximum atomic E-state index is 3.77. The van der Waals surface area contributed by atoms with E-state index < -0.39 is 0 Å². The average Bonchev–Trinajstić information content (AvgIpc) is 2.14. The van der Waals surface area contributed by atoms with Crippen molar-refractivity contribution in [1.82, 2.24) is 0 Å². The summed E-state index contributed by atoms with van der Waals surface area (Å²) in [5.41, 5.74) is 1.72. The molecule has 0 nitrogen and oxygen atoms in total. The van der Waals surface area contributed by atoms with Crippen molar-refractivity contribution >= 4 is 0 Å². The molecule has 0 unspecified atom stereocenters. The molecule has 0 atom stereocenters. The van der Waals surface area contributed by atoms with E-state index in [4.69, 9.17) is 0 Å². The third-order valence-corrected chi connectivity index (χ3v) is 4.65. The molecule has 0 radical (unpaired) electrons. The summed E-state index contributed by atoms with van der Waals surface area (Å²) in [6, 6.07) is 9.00. The van der Waals surface area contributed by atoms with Crippen molar-refractivity contribution in [2.24, 2.45) is 0 Å². The van der Waals surface area contributed by atoms with Crippen LogP contribution in [0.4, 0.5) is 0 Å². The van der Waals surface area contributed by atoms with E-state index in [1.165, 1.54) is 13.6 Å². The molecule has 0 bridgehead atoms. The quantitative estimate of drug-likeness (QED) is 0.431. The van der Waals surface area contributed by atoms with Gasteiger partial charge in [0.05, 0.1) is 0 Å². The van der Waals surface area contributed by atoms with Crippen molar-refractivity contribution in [1.29, 1.82) is 0 Å². The molecule has 0 spiro atoms. The molecular weight excluding hydrogens is 283 g/mol. The molecule has 0 heterocycles. The summed E-state index contributed by atoms with van der Waals surface area (Å²) in [4.78, 5) is 0. The SMILES string of the molecule is C=CC[I-]c1cccc(C(C)(C)C)c1. The Morgan fingerprint density at radius 3 is 2.64 bits per heavy atom. The van der Waals surface area contributed by atoms with E-state index in [0.29, 0.717) is 0 Å². The van der Waals surface area contributed by atoms with Crippen LogP contribution in [0.5, 0.6) is 0 Å². The van der Waals surface area contributed by atoms with E-state index in [-0.39, 0.29) is 26.6 Å². The number of alkyl halides is 1. The molecular formula is C13H18I-. The predicted octanol–water partition coefficient (Wildman–Crippen LogP) is 0.429. The van der Waals surface area contributed by atoms with E-state index in [0.717, 1.165) is 0 Å². The van der Waals surface area contributed by atoms with Crippen LogP contribution in [0.3, 0.4) is 0 Å². The van der Waals surface area contributed by atoms with E-state index in [9.17, 15) is 0 Å². The average molecular weight is 301 g/mol. The molecule has 1 heteroatoms. The molecule has 1 rings (SSSR count). The molecule has 0 saturated carbocycles. The fraction of sp³-hybridized carbons (Fsp3) is 0.385. The minimum absolute atomic E-state index is 0.144. The first kappa shape index (κ1) is 11.8. The van der Waals surface area contributed by atoms with E-state index in [1.807, 2.05) is 6.08 Å². The number of halogens is 1. The monoisotopic (exact) mass is 301 g/mol. The van der Waals surface area contributed by atoms with Crippen LogP contribution >= 0.6 is 0 Å². The fourth-order valence-electron chi connectivity index (χ4n) is 1.18. The van der Waals surface area contributed by atoms with Gasteiger partial charge in [0.1, 0.15) is 0 Å². The van der Waals surface area contributed by atoms with Gasteiger partial charge in [-0.25, -0.2) is 0 Å². The number of benzene rings is 1. The summed E-state index contributed by atoms with van der Waals surface area (Å²) < 4.78 is 2.70. The molecule has 1 aromatic carbocycles. The van der Waals surface area contributed by atoms with Gasteiger partial charge in [-0.1, -0.05) is 0 Å².